The molecule has 4 saturated carbocycles. The Hall–Kier alpha value is -14.5. The van der Waals surface area contributed by atoms with E-state index in [0.29, 0.717) is 175 Å². The van der Waals surface area contributed by atoms with E-state index in [1.807, 2.05) is 0 Å². The van der Waals surface area contributed by atoms with Crippen molar-refractivity contribution in [2.45, 2.75) is 142 Å². The second-order valence-electron chi connectivity index (χ2n) is 33.4. The molecule has 27 nitrogen and oxygen atoms in total. The Kier molecular flexibility index (Phi) is 33.8. The van der Waals surface area contributed by atoms with Crippen LogP contribution < -0.4 is 19.9 Å². The van der Waals surface area contributed by atoms with Crippen molar-refractivity contribution in [1.29, 1.82) is 0 Å². The lowest BCUT2D eigenvalue weighted by atomic mass is 9.88. The summed E-state index contributed by atoms with van der Waals surface area (Å²) in [6, 6.07) is 60.0. The van der Waals surface area contributed by atoms with Gasteiger partial charge in [0.2, 0.25) is 5.24 Å². The van der Waals surface area contributed by atoms with E-state index < -0.39 is 57.3 Å². The van der Waals surface area contributed by atoms with Crippen molar-refractivity contribution in [3.05, 3.63) is 333 Å². The quantitative estimate of drug-likeness (QED) is 0.00760. The van der Waals surface area contributed by atoms with Gasteiger partial charge in [-0.2, -0.15) is 0 Å². The number of aliphatic carboxylic acids is 3. The Morgan fingerprint density at radius 3 is 0.766 bits per heavy atom. The Bertz CT molecular complexity index is 6290. The predicted molar refractivity (Wildman–Crippen MR) is 494 cm³/mol. The van der Waals surface area contributed by atoms with Crippen LogP contribution in [-0.4, -0.2) is 130 Å². The SMILES string of the molecule is Nc1ccc(Oc2ccnc3cc(CO)c(CO)cc23)cc1.O=C(Cc1ccc(F)cc1)C1(C(=O)Cc2ccc(Oc3ccnc4cc(CO)c(CO)cc34)cc2)CC1.O=C(Cc1ccc(F)cc1)C1(C(=O)Cc2ccc(Oc3ccnc4cc(CO)c(CO)cc34)cc2)CC1.O=C(Cl)C1(C(=O)Cc2ccc(F)cc2)CC1.O=C(O)C1(C(=O)Cc2ccc(F)cc2)CC1.O=C(O)C[C@H](O)C(=O)O. The molecule has 12 N–H and O–H groups in total. The molecule has 0 aliphatic heterocycles. The molecule has 3 heterocycles. The smallest absolute Gasteiger partial charge is 0.333 e. The molecule has 3 aromatic heterocycles. The van der Waals surface area contributed by atoms with Crippen molar-refractivity contribution in [3.8, 4) is 34.5 Å². The molecule has 17 rings (SSSR count). The summed E-state index contributed by atoms with van der Waals surface area (Å²) < 4.78 is 69.6. The number of anilines is 1. The fourth-order valence-corrected chi connectivity index (χ4v) is 15.4. The van der Waals surface area contributed by atoms with Gasteiger partial charge in [-0.25, -0.2) is 22.4 Å². The fourth-order valence-electron chi connectivity index (χ4n) is 15.1. The molecule has 13 aromatic rings. The number of nitrogens with two attached hydrogens (primary N) is 1. The highest BCUT2D eigenvalue weighted by atomic mass is 35.5. The summed E-state index contributed by atoms with van der Waals surface area (Å²) in [5.41, 5.74) is 12.4. The maximum Gasteiger partial charge on any atom is 0.333 e. The second-order valence-corrected chi connectivity index (χ2v) is 33.8. The second kappa shape index (κ2) is 45.7. The number of Topliss-reactive ketones (excluding diaryl/α,β-unsaturated/α-hetero) is 6. The van der Waals surface area contributed by atoms with Crippen molar-refractivity contribution < 1.29 is 131 Å². The number of ketones is 6. The third-order valence-corrected chi connectivity index (χ3v) is 24.3. The van der Waals surface area contributed by atoms with Gasteiger partial charge < -0.3 is 71.0 Å². The summed E-state index contributed by atoms with van der Waals surface area (Å²) in [5, 5.41) is 91.8. The monoisotopic (exact) mass is 1890 g/mol. The maximum atomic E-state index is 13.2. The van der Waals surface area contributed by atoms with E-state index in [1.165, 1.54) is 60.7 Å². The molecule has 708 valence electrons. The highest BCUT2D eigenvalue weighted by Gasteiger charge is 2.58. The number of carboxylic acid groups (broad SMARTS) is 3. The number of aliphatic hydroxyl groups excluding tert-OH is 7. The van der Waals surface area contributed by atoms with Gasteiger partial charge in [-0.3, -0.25) is 58.1 Å². The molecule has 32 heteroatoms. The maximum absolute atomic E-state index is 13.2. The first-order valence-corrected chi connectivity index (χ1v) is 43.7. The van der Waals surface area contributed by atoms with Crippen LogP contribution in [0.4, 0.5) is 23.2 Å². The number of carbonyl (C=O) groups is 10. The number of pyridine rings is 3. The lowest BCUT2D eigenvalue weighted by molar-refractivity contribution is -0.153. The number of benzene rings is 10. The largest absolute Gasteiger partial charge is 0.481 e. The molecular formula is C105H95ClF4N4O23. The number of fused-ring (bicyclic) bond motifs is 3. The Morgan fingerprint density at radius 2 is 0.555 bits per heavy atom. The summed E-state index contributed by atoms with van der Waals surface area (Å²) in [5.74, 6) is -2.64. The average molecular weight is 1890 g/mol. The number of halogens is 5. The van der Waals surface area contributed by atoms with E-state index in [9.17, 15) is 96.1 Å². The van der Waals surface area contributed by atoms with Crippen LogP contribution in [-0.2, 0) is 126 Å². The Labute approximate surface area is 786 Å². The van der Waals surface area contributed by atoms with E-state index in [0.717, 1.165) is 16.5 Å². The number of hydrogen-bond acceptors (Lipinski definition) is 24. The molecule has 137 heavy (non-hydrogen) atoms. The summed E-state index contributed by atoms with van der Waals surface area (Å²) in [7, 11) is 0. The summed E-state index contributed by atoms with van der Waals surface area (Å²) in [6.07, 6.45) is 7.19. The minimum absolute atomic E-state index is 0.0621. The van der Waals surface area contributed by atoms with Crippen LogP contribution in [0.2, 0.25) is 0 Å². The first-order chi connectivity index (χ1) is 65.7. The minimum Gasteiger partial charge on any atom is -0.481 e. The molecule has 4 aliphatic carbocycles. The van der Waals surface area contributed by atoms with Gasteiger partial charge in [-0.15, -0.1) is 0 Å². The molecule has 0 spiro atoms. The van der Waals surface area contributed by atoms with Crippen molar-refractivity contribution in [2.24, 2.45) is 21.7 Å². The summed E-state index contributed by atoms with van der Waals surface area (Å²) >= 11 is 5.40. The van der Waals surface area contributed by atoms with Gasteiger partial charge in [0.25, 0.3) is 0 Å². The van der Waals surface area contributed by atoms with Crippen LogP contribution >= 0.6 is 11.6 Å². The summed E-state index contributed by atoms with van der Waals surface area (Å²) in [4.78, 5) is 130. The van der Waals surface area contributed by atoms with Gasteiger partial charge >= 0.3 is 17.9 Å². The van der Waals surface area contributed by atoms with Crippen LogP contribution in [0.3, 0.4) is 0 Å². The van der Waals surface area contributed by atoms with Crippen LogP contribution in [0.25, 0.3) is 32.7 Å². The number of aromatic nitrogens is 3. The van der Waals surface area contributed by atoms with Gasteiger partial charge in [0.15, 0.2) is 40.8 Å². The number of carbonyl (C=O) groups excluding carboxylic acids is 7. The normalized spacial score (nSPS) is 14.0. The highest BCUT2D eigenvalue weighted by molar-refractivity contribution is 6.67. The molecule has 10 aromatic carbocycles. The number of rotatable bonds is 35. The van der Waals surface area contributed by atoms with Crippen LogP contribution in [0.15, 0.2) is 243 Å². The average Bonchev–Trinajstić information content (AvgIpc) is 1.60. The number of carboxylic acids is 3. The third kappa shape index (κ3) is 26.1. The molecule has 0 unspecified atom stereocenters. The van der Waals surface area contributed by atoms with E-state index in [1.54, 1.807) is 182 Å². The van der Waals surface area contributed by atoms with Gasteiger partial charge in [0, 0.05) is 79.0 Å². The lowest BCUT2D eigenvalue weighted by Gasteiger charge is -2.14. The number of aliphatic hydroxyl groups is 7. The fraction of sp³-hybridized carbons (Fsp3) is 0.248. The lowest BCUT2D eigenvalue weighted by Crippen LogP contribution is -2.28. The third-order valence-electron chi connectivity index (χ3n) is 24.0. The molecular weight excluding hydrogens is 1800 g/mol. The van der Waals surface area contributed by atoms with Gasteiger partial charge in [-0.1, -0.05) is 72.8 Å². The van der Waals surface area contributed by atoms with E-state index in [2.05, 4.69) is 15.0 Å². The van der Waals surface area contributed by atoms with Crippen LogP contribution in [0.5, 0.6) is 34.5 Å². The van der Waals surface area contributed by atoms with E-state index in [-0.39, 0.29) is 136 Å². The van der Waals surface area contributed by atoms with Crippen molar-refractivity contribution in [1.82, 2.24) is 15.0 Å². The molecule has 0 radical (unpaired) electrons. The van der Waals surface area contributed by atoms with Gasteiger partial charge in [0.1, 0.15) is 68.6 Å². The predicted octanol–water partition coefficient (Wildman–Crippen LogP) is 15.5. The van der Waals surface area contributed by atoms with Crippen molar-refractivity contribution in [3.63, 3.8) is 0 Å². The zero-order chi connectivity index (χ0) is 98.5. The number of nitrogens with zero attached hydrogens (tertiary/aromatic N) is 3. The minimum atomic E-state index is -1.79. The molecule has 4 aliphatic rings. The number of nitrogen functional groups attached to an aromatic ring is 1. The summed E-state index contributed by atoms with van der Waals surface area (Å²) in [6.45, 7) is -1.11. The van der Waals surface area contributed by atoms with Gasteiger partial charge in [0.05, 0.1) is 73.4 Å². The van der Waals surface area contributed by atoms with Crippen LogP contribution in [0, 0.1) is 44.9 Å². The first-order valence-electron chi connectivity index (χ1n) is 43.3. The van der Waals surface area contributed by atoms with Gasteiger partial charge in [-0.05, 0) is 281 Å². The molecule has 4 fully saturated rings. The Balaban J connectivity index is 0.000000156. The van der Waals surface area contributed by atoms with Crippen molar-refractivity contribution in [2.75, 3.05) is 5.73 Å². The molecule has 0 amide bonds. The topological polar surface area (TPSA) is 465 Å². The zero-order valence-corrected chi connectivity index (χ0v) is 74.4. The standard InChI is InChI=1S/2C30H26FNO5.C17H16N2O3.C12H10ClFO2.C12H11FO3.C4H6O5/c2*31-23-5-1-19(2-6-23)13-28(35)30(10-11-30)29(36)14-20-3-7-24(8-4-20)37-27-9-12-32-26-16-22(18-34)21(17-33)15-25(26)27;18-13-1-3-14(4-2-13)22-17-5-6-19-16-8-12(10-21)11(9-20)7-15(16)17;13-11(16)12(5-6-12)10(15)7-8-1-3-9(14)4-2-8;13-9-3-1-8(2-4-9)7-10(14)12(5-6-12)11(15)16;5-2(4(8)9)1-3(6)7/h2*1-9,12,15-16,33-34H,10-11,13-14,17-18H2;1-8,20-21H,9-10,18H2;1-4H,5-7H2;1-4H,5-7H2,(H,15,16);2,5H,1H2,(H,6,7)(H,8,9)/t;;;;;2-/m.....0/s1. The van der Waals surface area contributed by atoms with Crippen molar-refractivity contribution >= 4 is 108 Å². The first kappa shape index (κ1) is 101. The molecule has 0 saturated heterocycles. The highest BCUT2D eigenvalue weighted by Crippen LogP contribution is 2.52. The van der Waals surface area contributed by atoms with Crippen LogP contribution in [0.1, 0.15) is 125 Å². The molecule has 0 bridgehead atoms. The number of hydrogen-bond donors (Lipinski definition) is 11. The Morgan fingerprint density at radius 1 is 0.328 bits per heavy atom. The number of ether oxygens (including phenoxy) is 3. The van der Waals surface area contributed by atoms with E-state index >= 15 is 0 Å². The molecule has 1 atom stereocenters. The van der Waals surface area contributed by atoms with E-state index in [4.69, 9.17) is 52.0 Å². The zero-order valence-electron chi connectivity index (χ0n) is 73.6.